The van der Waals surface area contributed by atoms with Crippen molar-refractivity contribution in [3.05, 3.63) is 0 Å². The smallest absolute Gasteiger partial charge is 0.305 e. The fourth-order valence-corrected chi connectivity index (χ4v) is 2.95. The van der Waals surface area contributed by atoms with Gasteiger partial charge < -0.3 is 28.4 Å². The number of rotatable bonds is 10. The molecule has 10 nitrogen and oxygen atoms in total. The van der Waals surface area contributed by atoms with E-state index in [2.05, 4.69) is 4.74 Å². The lowest BCUT2D eigenvalue weighted by Crippen LogP contribution is -2.61. The lowest BCUT2D eigenvalue weighted by molar-refractivity contribution is -0.300. The molecule has 2 unspecified atom stereocenters. The van der Waals surface area contributed by atoms with E-state index in [4.69, 9.17) is 23.7 Å². The minimum atomic E-state index is -1.10. The highest BCUT2D eigenvalue weighted by Crippen LogP contribution is 2.29. The van der Waals surface area contributed by atoms with Crippen molar-refractivity contribution in [1.29, 1.82) is 0 Å². The van der Waals surface area contributed by atoms with Crippen molar-refractivity contribution >= 4 is 23.9 Å². The molecule has 0 aromatic rings. The van der Waals surface area contributed by atoms with Crippen LogP contribution in [0.3, 0.4) is 0 Å². The van der Waals surface area contributed by atoms with E-state index in [1.807, 2.05) is 0 Å². The van der Waals surface area contributed by atoms with E-state index in [1.165, 1.54) is 27.9 Å². The quantitative estimate of drug-likeness (QED) is 0.291. The molecule has 1 rings (SSSR count). The highest BCUT2D eigenvalue weighted by molar-refractivity contribution is 5.69. The van der Waals surface area contributed by atoms with Crippen molar-refractivity contribution in [2.75, 3.05) is 13.7 Å². The van der Waals surface area contributed by atoms with Crippen LogP contribution < -0.4 is 0 Å². The van der Waals surface area contributed by atoms with Crippen molar-refractivity contribution in [2.24, 2.45) is 0 Å². The summed E-state index contributed by atoms with van der Waals surface area (Å²) >= 11 is 0. The van der Waals surface area contributed by atoms with Crippen LogP contribution in [0.5, 0.6) is 0 Å². The number of carbonyl (C=O) groups is 4. The van der Waals surface area contributed by atoms with Gasteiger partial charge in [0.25, 0.3) is 0 Å². The molecule has 166 valence electrons. The first kappa shape index (κ1) is 24.8. The molecule has 0 aliphatic carbocycles. The molecule has 1 heterocycles. The van der Waals surface area contributed by atoms with Crippen LogP contribution in [0.25, 0.3) is 0 Å². The Hall–Kier alpha value is -2.20. The average Bonchev–Trinajstić information content (AvgIpc) is 2.62. The van der Waals surface area contributed by atoms with Crippen LogP contribution in [0.15, 0.2) is 0 Å². The van der Waals surface area contributed by atoms with Crippen LogP contribution in [-0.2, 0) is 47.6 Å². The fourth-order valence-electron chi connectivity index (χ4n) is 2.95. The maximum Gasteiger partial charge on any atom is 0.305 e. The molecule has 5 atom stereocenters. The summed E-state index contributed by atoms with van der Waals surface area (Å²) in [4.78, 5) is 45.7. The molecule has 29 heavy (non-hydrogen) atoms. The second kappa shape index (κ2) is 12.4. The Labute approximate surface area is 170 Å². The Balaban J connectivity index is 2.78. The zero-order valence-corrected chi connectivity index (χ0v) is 17.5. The molecular formula is C19H30O10. The van der Waals surface area contributed by atoms with E-state index in [0.29, 0.717) is 19.3 Å². The first-order chi connectivity index (χ1) is 13.6. The Kier molecular flexibility index (Phi) is 10.6. The van der Waals surface area contributed by atoms with Crippen molar-refractivity contribution in [3.63, 3.8) is 0 Å². The number of unbranched alkanes of at least 4 members (excludes halogenated alkanes) is 2. The molecule has 1 fully saturated rings. The van der Waals surface area contributed by atoms with Crippen molar-refractivity contribution in [1.82, 2.24) is 0 Å². The summed E-state index contributed by atoms with van der Waals surface area (Å²) < 4.78 is 31.9. The second-order valence-corrected chi connectivity index (χ2v) is 6.69. The van der Waals surface area contributed by atoms with Gasteiger partial charge in [-0.2, -0.15) is 0 Å². The monoisotopic (exact) mass is 418 g/mol. The lowest BCUT2D eigenvalue weighted by atomic mass is 9.99. The average molecular weight is 418 g/mol. The standard InChI is InChI=1S/C19H30O10/c1-11-16(27-12(2)20)17(28-13(3)21)18(29-14(4)22)19(26-11)25-10-8-6-7-9-15(23)24-5/h11,16-19H,6-10H2,1-5H3/t11?,16-,17+,18?,19+/m0/s1. The van der Waals surface area contributed by atoms with E-state index in [1.54, 1.807) is 6.92 Å². The molecule has 0 amide bonds. The van der Waals surface area contributed by atoms with Crippen LogP contribution in [0.2, 0.25) is 0 Å². The number of methoxy groups -OCH3 is 1. The van der Waals surface area contributed by atoms with Crippen molar-refractivity contribution in [3.8, 4) is 0 Å². The molecule has 0 aromatic carbocycles. The van der Waals surface area contributed by atoms with Crippen molar-refractivity contribution < 1.29 is 47.6 Å². The van der Waals surface area contributed by atoms with Gasteiger partial charge in [0.1, 0.15) is 0 Å². The molecule has 0 N–H and O–H groups in total. The maximum atomic E-state index is 11.6. The molecule has 1 aliphatic rings. The Morgan fingerprint density at radius 2 is 1.34 bits per heavy atom. The number of ether oxygens (including phenoxy) is 6. The summed E-state index contributed by atoms with van der Waals surface area (Å²) in [6.45, 7) is 5.53. The van der Waals surface area contributed by atoms with E-state index < -0.39 is 48.6 Å². The predicted octanol–water partition coefficient (Wildman–Crippen LogP) is 1.28. The Morgan fingerprint density at radius 1 is 0.793 bits per heavy atom. The normalized spacial score (nSPS) is 26.3. The number of carbonyl (C=O) groups excluding carboxylic acids is 4. The number of esters is 4. The molecule has 0 saturated carbocycles. The van der Waals surface area contributed by atoms with Gasteiger partial charge in [-0.05, 0) is 19.8 Å². The topological polar surface area (TPSA) is 124 Å². The lowest BCUT2D eigenvalue weighted by Gasteiger charge is -2.43. The minimum Gasteiger partial charge on any atom is -0.469 e. The molecule has 0 aromatic heterocycles. The summed E-state index contributed by atoms with van der Waals surface area (Å²) in [5, 5.41) is 0. The van der Waals surface area contributed by atoms with Gasteiger partial charge in [0, 0.05) is 33.8 Å². The fraction of sp³-hybridized carbons (Fsp3) is 0.789. The van der Waals surface area contributed by atoms with Crippen LogP contribution in [-0.4, -0.2) is 68.3 Å². The van der Waals surface area contributed by atoms with Gasteiger partial charge in [-0.3, -0.25) is 19.2 Å². The summed E-state index contributed by atoms with van der Waals surface area (Å²) in [6.07, 6.45) is -2.49. The van der Waals surface area contributed by atoms with E-state index >= 15 is 0 Å². The number of hydrogen-bond donors (Lipinski definition) is 0. The van der Waals surface area contributed by atoms with Crippen molar-refractivity contribution in [2.45, 2.75) is 84.1 Å². The summed E-state index contributed by atoms with van der Waals surface area (Å²) in [5.41, 5.74) is 0. The second-order valence-electron chi connectivity index (χ2n) is 6.69. The van der Waals surface area contributed by atoms with Gasteiger partial charge in [-0.15, -0.1) is 0 Å². The van der Waals surface area contributed by atoms with Crippen LogP contribution >= 0.6 is 0 Å². The molecular weight excluding hydrogens is 388 g/mol. The summed E-state index contributed by atoms with van der Waals surface area (Å²) in [5.74, 6) is -2.11. The van der Waals surface area contributed by atoms with Gasteiger partial charge in [0.15, 0.2) is 24.6 Å². The predicted molar refractivity (Wildman–Crippen MR) is 97.4 cm³/mol. The number of hydrogen-bond acceptors (Lipinski definition) is 10. The third kappa shape index (κ3) is 8.78. The molecule has 1 aliphatic heterocycles. The maximum absolute atomic E-state index is 11.6. The minimum absolute atomic E-state index is 0.265. The SMILES string of the molecule is COC(=O)CCCCCO[C@@H]1OC(C)[C@H](OC(C)=O)[C@@H](OC(C)=O)C1OC(C)=O. The van der Waals surface area contributed by atoms with E-state index in [9.17, 15) is 19.2 Å². The summed E-state index contributed by atoms with van der Waals surface area (Å²) in [7, 11) is 1.34. The van der Waals surface area contributed by atoms with E-state index in [-0.39, 0.29) is 12.6 Å². The van der Waals surface area contributed by atoms with Gasteiger partial charge in [-0.1, -0.05) is 6.42 Å². The zero-order chi connectivity index (χ0) is 22.0. The van der Waals surface area contributed by atoms with E-state index in [0.717, 1.165) is 6.42 Å². The van der Waals surface area contributed by atoms with Gasteiger partial charge in [0.2, 0.25) is 0 Å². The third-order valence-corrected chi connectivity index (χ3v) is 4.17. The molecule has 0 bridgehead atoms. The van der Waals surface area contributed by atoms with Crippen LogP contribution in [0.1, 0.15) is 53.4 Å². The molecule has 1 saturated heterocycles. The molecule has 0 spiro atoms. The Bertz CT molecular complexity index is 575. The third-order valence-electron chi connectivity index (χ3n) is 4.17. The molecule has 0 radical (unpaired) electrons. The highest BCUT2D eigenvalue weighted by atomic mass is 16.7. The molecule has 10 heteroatoms. The summed E-state index contributed by atoms with van der Waals surface area (Å²) in [6, 6.07) is 0. The first-order valence-electron chi connectivity index (χ1n) is 9.51. The van der Waals surface area contributed by atoms with Crippen LogP contribution in [0, 0.1) is 0 Å². The first-order valence-corrected chi connectivity index (χ1v) is 9.51. The van der Waals surface area contributed by atoms with Gasteiger partial charge in [0.05, 0.1) is 13.2 Å². The van der Waals surface area contributed by atoms with Crippen LogP contribution in [0.4, 0.5) is 0 Å². The largest absolute Gasteiger partial charge is 0.469 e. The van der Waals surface area contributed by atoms with Gasteiger partial charge in [-0.25, -0.2) is 0 Å². The Morgan fingerprint density at radius 3 is 1.90 bits per heavy atom. The highest BCUT2D eigenvalue weighted by Gasteiger charge is 2.50. The zero-order valence-electron chi connectivity index (χ0n) is 17.5. The van der Waals surface area contributed by atoms with Gasteiger partial charge >= 0.3 is 23.9 Å².